The summed E-state index contributed by atoms with van der Waals surface area (Å²) in [6.07, 6.45) is -5.24. The minimum absolute atomic E-state index is 1.70. The molecule has 0 saturated carbocycles. The van der Waals surface area contributed by atoms with Crippen molar-refractivity contribution in [1.82, 2.24) is 0 Å². The van der Waals surface area contributed by atoms with Crippen LogP contribution in [0.25, 0.3) is 0 Å². The van der Waals surface area contributed by atoms with E-state index in [4.69, 9.17) is 0 Å². The summed E-state index contributed by atoms with van der Waals surface area (Å²) in [6, 6.07) is 0. The van der Waals surface area contributed by atoms with Gasteiger partial charge in [0, 0.05) is 0 Å². The first-order chi connectivity index (χ1) is 4.33. The Morgan fingerprint density at radius 1 is 1.50 bits per heavy atom. The maximum absolute atomic E-state index is 10.9. The number of nitrogens with zero attached hydrogens (tertiary/aromatic N) is 1. The van der Waals surface area contributed by atoms with Gasteiger partial charge in [0.2, 0.25) is 0 Å². The van der Waals surface area contributed by atoms with Gasteiger partial charge < -0.3 is 0 Å². The molecule has 0 aliphatic heterocycles. The number of halogens is 3. The van der Waals surface area contributed by atoms with E-state index in [9.17, 15) is 27.5 Å². The molecule has 0 fully saturated rings. The first-order valence-corrected chi connectivity index (χ1v) is 2.68. The molecule has 0 aromatic carbocycles. The minimum atomic E-state index is -5.24. The summed E-state index contributed by atoms with van der Waals surface area (Å²) in [7, 11) is 0. The van der Waals surface area contributed by atoms with Crippen molar-refractivity contribution in [2.75, 3.05) is 0 Å². The smallest absolute Gasteiger partial charge is 0.247 e. The van der Waals surface area contributed by atoms with Gasteiger partial charge in [0.1, 0.15) is 0 Å². The van der Waals surface area contributed by atoms with Gasteiger partial charge in [0.05, 0.1) is 0 Å². The van der Waals surface area contributed by atoms with Crippen LogP contribution in [0.3, 0.4) is 0 Å². The van der Waals surface area contributed by atoms with Gasteiger partial charge in [-0.05, 0) is 0 Å². The van der Waals surface area contributed by atoms with Gasteiger partial charge in [-0.25, -0.2) is 10.1 Å². The summed E-state index contributed by atoms with van der Waals surface area (Å²) in [5, 5.41) is 9.26. The molecule has 0 aliphatic rings. The van der Waals surface area contributed by atoms with E-state index in [-0.39, 0.29) is 0 Å². The van der Waals surface area contributed by atoms with E-state index in [1.165, 1.54) is 0 Å². The third-order valence-corrected chi connectivity index (χ3v) is 0.862. The molecular formula is CF3NO4S. The lowest BCUT2D eigenvalue weighted by atomic mass is 11.4. The maximum atomic E-state index is 10.9. The highest BCUT2D eigenvalue weighted by atomic mass is 32.2. The molecule has 60 valence electrons. The summed E-state index contributed by atoms with van der Waals surface area (Å²) < 4.78 is 43.2. The topological polar surface area (TPSA) is 69.4 Å². The molecule has 0 N–H and O–H groups in total. The van der Waals surface area contributed by atoms with Crippen molar-refractivity contribution in [3.63, 3.8) is 0 Å². The molecule has 0 spiro atoms. The molecule has 1 atom stereocenters. The van der Waals surface area contributed by atoms with Crippen LogP contribution < -0.4 is 0 Å². The third kappa shape index (κ3) is 4.21. The predicted molar refractivity (Wildman–Crippen MR) is 22.3 cm³/mol. The Morgan fingerprint density at radius 3 is 2.00 bits per heavy atom. The highest BCUT2D eigenvalue weighted by molar-refractivity contribution is 7.73. The van der Waals surface area contributed by atoms with Crippen LogP contribution in [0.15, 0.2) is 0 Å². The quantitative estimate of drug-likeness (QED) is 0.453. The van der Waals surface area contributed by atoms with Crippen LogP contribution in [0.2, 0.25) is 0 Å². The van der Waals surface area contributed by atoms with E-state index in [1.807, 2.05) is 0 Å². The van der Waals surface area contributed by atoms with Gasteiger partial charge in [0.25, 0.3) is 0 Å². The van der Waals surface area contributed by atoms with Crippen molar-refractivity contribution >= 4 is 11.3 Å². The van der Waals surface area contributed by atoms with Gasteiger partial charge in [-0.1, -0.05) is 0 Å². The van der Waals surface area contributed by atoms with Crippen molar-refractivity contribution < 1.29 is 25.9 Å². The van der Waals surface area contributed by atoms with E-state index < -0.39 is 22.0 Å². The number of alkyl halides is 3. The SMILES string of the molecule is O=[N+]([O-])S(=O)OC(F)(F)F. The van der Waals surface area contributed by atoms with E-state index in [0.29, 0.717) is 0 Å². The second-order valence-corrected chi connectivity index (χ2v) is 1.87. The van der Waals surface area contributed by atoms with Crippen molar-refractivity contribution in [3.05, 3.63) is 10.1 Å². The van der Waals surface area contributed by atoms with Crippen LogP contribution in [-0.4, -0.2) is 14.9 Å². The molecule has 0 aromatic rings. The number of hydrogen-bond acceptors (Lipinski definition) is 4. The number of rotatable bonds is 2. The van der Waals surface area contributed by atoms with E-state index in [0.717, 1.165) is 0 Å². The molecule has 0 radical (unpaired) electrons. The molecule has 0 saturated heterocycles. The fraction of sp³-hybridized carbons (Fsp3) is 1.00. The second kappa shape index (κ2) is 2.92. The van der Waals surface area contributed by atoms with Crippen molar-refractivity contribution in [3.8, 4) is 0 Å². The Bertz CT molecular complexity index is 164. The third-order valence-electron chi connectivity index (χ3n) is 0.287. The fourth-order valence-electron chi connectivity index (χ4n) is 0.111. The number of nitro groups is 1. The molecular weight excluding hydrogens is 179 g/mol. The zero-order valence-electron chi connectivity index (χ0n) is 4.12. The molecule has 0 amide bonds. The summed E-state index contributed by atoms with van der Waals surface area (Å²) in [6.45, 7) is 0. The normalized spacial score (nSPS) is 14.7. The molecule has 1 unspecified atom stereocenters. The monoisotopic (exact) mass is 179 g/mol. The van der Waals surface area contributed by atoms with Crippen LogP contribution in [-0.2, 0) is 15.4 Å². The summed E-state index contributed by atoms with van der Waals surface area (Å²) in [5.74, 6) is 0. The second-order valence-electron chi connectivity index (χ2n) is 0.970. The molecule has 0 bridgehead atoms. The summed E-state index contributed by atoms with van der Waals surface area (Å²) >= 11 is -3.54. The van der Waals surface area contributed by atoms with Crippen molar-refractivity contribution in [1.29, 1.82) is 0 Å². The zero-order chi connectivity index (χ0) is 8.36. The van der Waals surface area contributed by atoms with E-state index >= 15 is 0 Å². The minimum Gasteiger partial charge on any atom is -0.247 e. The van der Waals surface area contributed by atoms with Gasteiger partial charge in [-0.3, -0.25) is 0 Å². The van der Waals surface area contributed by atoms with E-state index in [1.54, 1.807) is 0 Å². The van der Waals surface area contributed by atoms with Gasteiger partial charge in [-0.15, -0.1) is 17.4 Å². The molecule has 9 heteroatoms. The average molecular weight is 179 g/mol. The lowest BCUT2D eigenvalue weighted by molar-refractivity contribution is -0.343. The molecule has 0 aliphatic carbocycles. The van der Waals surface area contributed by atoms with Crippen molar-refractivity contribution in [2.45, 2.75) is 6.36 Å². The highest BCUT2D eigenvalue weighted by Crippen LogP contribution is 2.17. The Hall–Kier alpha value is -0.700. The average Bonchev–Trinajstić information content (AvgIpc) is 1.60. The van der Waals surface area contributed by atoms with Crippen LogP contribution in [0.1, 0.15) is 0 Å². The molecule has 5 nitrogen and oxygen atoms in total. The molecule has 0 aromatic heterocycles. The Morgan fingerprint density at radius 2 is 1.90 bits per heavy atom. The van der Waals surface area contributed by atoms with Gasteiger partial charge >= 0.3 is 17.6 Å². The van der Waals surface area contributed by atoms with Gasteiger partial charge in [-0.2, -0.15) is 4.21 Å². The summed E-state index contributed by atoms with van der Waals surface area (Å²) in [5.41, 5.74) is 0. The lowest BCUT2D eigenvalue weighted by Gasteiger charge is -1.97. The van der Waals surface area contributed by atoms with Crippen LogP contribution in [0, 0.1) is 10.1 Å². The van der Waals surface area contributed by atoms with Gasteiger partial charge in [0.15, 0.2) is 4.33 Å². The molecule has 0 heterocycles. The zero-order valence-corrected chi connectivity index (χ0v) is 4.94. The first-order valence-electron chi connectivity index (χ1n) is 1.65. The standard InChI is InChI=1S/CF3NO4S/c2-1(3,4)9-10(8)5(6)7. The Labute approximate surface area is 54.7 Å². The maximum Gasteiger partial charge on any atom is 0.539 e. The largest absolute Gasteiger partial charge is 0.539 e. The summed E-state index contributed by atoms with van der Waals surface area (Å²) in [4.78, 5) is 9.26. The predicted octanol–water partition coefficient (Wildman–Crippen LogP) is 0.378. The Balaban J connectivity index is 3.93. The first kappa shape index (κ1) is 9.30. The van der Waals surface area contributed by atoms with Crippen LogP contribution >= 0.6 is 0 Å². The molecule has 0 rings (SSSR count). The Kier molecular flexibility index (Phi) is 2.72. The fourth-order valence-corrected chi connectivity index (χ4v) is 0.334. The van der Waals surface area contributed by atoms with Crippen LogP contribution in [0.5, 0.6) is 0 Å². The lowest BCUT2D eigenvalue weighted by Crippen LogP contribution is -2.19. The van der Waals surface area contributed by atoms with Crippen molar-refractivity contribution in [2.24, 2.45) is 0 Å². The van der Waals surface area contributed by atoms with Crippen LogP contribution in [0.4, 0.5) is 13.2 Å². The molecule has 10 heavy (non-hydrogen) atoms. The number of hydrogen-bond donors (Lipinski definition) is 0. The highest BCUT2D eigenvalue weighted by Gasteiger charge is 2.38. The van der Waals surface area contributed by atoms with E-state index in [2.05, 4.69) is 4.18 Å².